The normalized spacial score (nSPS) is 85.0. The van der Waals surface area contributed by atoms with E-state index >= 15 is 0 Å². The molecular weight excluding hydrogens is 112 g/mol. The number of hydrogen-bond donors (Lipinski definition) is 2. The van der Waals surface area contributed by atoms with E-state index in [2.05, 4.69) is 19.7 Å². The number of hydrogen-bond acceptors (Lipinski definition) is 4. The lowest BCUT2D eigenvalue weighted by molar-refractivity contribution is -0.263. The Morgan fingerprint density at radius 1 is 1.50 bits per heavy atom. The molecule has 0 amide bonds. The summed E-state index contributed by atoms with van der Waals surface area (Å²) < 4.78 is 64.3. The van der Waals surface area contributed by atoms with Crippen molar-refractivity contribution < 1.29 is 27.9 Å². The SMILES string of the molecule is [2H]OC1([2H])OC([2H])([2H])C([2H])(O[2H])OC1([2H])[2H]. The Hall–Kier alpha value is -0.160. The minimum Gasteiger partial charge on any atom is -0.366 e. The van der Waals surface area contributed by atoms with E-state index in [0.717, 1.165) is 0 Å². The molecule has 0 aromatic rings. The summed E-state index contributed by atoms with van der Waals surface area (Å²) >= 11 is 0. The Balaban J connectivity index is 3.14. The highest BCUT2D eigenvalue weighted by atomic mass is 16.7. The van der Waals surface area contributed by atoms with Crippen LogP contribution in [0.4, 0.5) is 0 Å². The van der Waals surface area contributed by atoms with Gasteiger partial charge in [-0.3, -0.25) is 0 Å². The second kappa shape index (κ2) is 2.41. The van der Waals surface area contributed by atoms with Crippen LogP contribution in [0.5, 0.6) is 0 Å². The predicted molar refractivity (Wildman–Crippen MR) is 23.9 cm³/mol. The molecule has 48 valence electrons. The van der Waals surface area contributed by atoms with Crippen molar-refractivity contribution in [1.82, 2.24) is 0 Å². The molecule has 4 heteroatoms. The first-order valence-corrected chi connectivity index (χ1v) is 1.72. The molecule has 1 aliphatic heterocycles. The highest BCUT2D eigenvalue weighted by Gasteiger charge is 2.16. The van der Waals surface area contributed by atoms with E-state index in [1.165, 1.54) is 0 Å². The summed E-state index contributed by atoms with van der Waals surface area (Å²) in [7, 11) is 0. The molecule has 1 rings (SSSR count). The zero-order valence-electron chi connectivity index (χ0n) is 11.6. The highest BCUT2D eigenvalue weighted by Crippen LogP contribution is 2.00. The lowest BCUT2D eigenvalue weighted by Gasteiger charge is -2.22. The molecule has 0 aliphatic carbocycles. The largest absolute Gasteiger partial charge is 0.366 e. The number of rotatable bonds is 2. The van der Waals surface area contributed by atoms with Crippen LogP contribution in [0.1, 0.15) is 8.22 Å². The van der Waals surface area contributed by atoms with Gasteiger partial charge in [0.25, 0.3) is 0 Å². The van der Waals surface area contributed by atoms with E-state index in [0.29, 0.717) is 0 Å². The number of ether oxygens (including phenoxy) is 2. The van der Waals surface area contributed by atoms with Crippen LogP contribution in [0.25, 0.3) is 0 Å². The van der Waals surface area contributed by atoms with Crippen LogP contribution in [0, 0.1) is 0 Å². The molecule has 2 unspecified atom stereocenters. The van der Waals surface area contributed by atoms with E-state index in [4.69, 9.17) is 11.1 Å². The molecule has 1 fully saturated rings. The molecule has 4 nitrogen and oxygen atoms in total. The number of aliphatic hydroxyl groups is 2. The van der Waals surface area contributed by atoms with Crippen molar-refractivity contribution in [2.45, 2.75) is 12.5 Å². The second-order valence-electron chi connectivity index (χ2n) is 0.983. The standard InChI is InChI=1S/C4H8O4/c5-3-1-7-4(6)2-8-3/h3-6H,1-2H2/i1D2,2D2,3D,4D,5D,6D. The first-order valence-electron chi connectivity index (χ1n) is 5.54. The first kappa shape index (κ1) is 1.46. The molecule has 2 atom stereocenters. The van der Waals surface area contributed by atoms with E-state index in [1.807, 2.05) is 0 Å². The fraction of sp³-hybridized carbons (Fsp3) is 1.00. The van der Waals surface area contributed by atoms with Gasteiger partial charge in [-0.2, -0.15) is 0 Å². The van der Waals surface area contributed by atoms with E-state index in [-0.39, 0.29) is 0 Å². The van der Waals surface area contributed by atoms with E-state index in [1.54, 1.807) is 0 Å². The molecule has 0 aromatic carbocycles. The summed E-state index contributed by atoms with van der Waals surface area (Å²) in [4.78, 5) is 0. The van der Waals surface area contributed by atoms with Gasteiger partial charge in [0.1, 0.15) is 13.1 Å². The summed E-state index contributed by atoms with van der Waals surface area (Å²) in [5.41, 5.74) is 0. The maximum atomic E-state index is 7.21. The van der Waals surface area contributed by atoms with Gasteiger partial charge in [0.05, 0.1) is 8.22 Å². The summed E-state index contributed by atoms with van der Waals surface area (Å²) in [6.45, 7) is -6.33. The van der Waals surface area contributed by atoms with Crippen LogP contribution in [-0.2, 0) is 9.47 Å². The Labute approximate surface area is 58.1 Å². The summed E-state index contributed by atoms with van der Waals surface area (Å²) in [5.74, 6) is 0. The van der Waals surface area contributed by atoms with Crippen LogP contribution in [0.3, 0.4) is 0 Å². The Morgan fingerprint density at radius 3 is 2.38 bits per heavy atom. The van der Waals surface area contributed by atoms with E-state index < -0.39 is 25.7 Å². The molecule has 0 aromatic heterocycles. The van der Waals surface area contributed by atoms with Gasteiger partial charge in [-0.25, -0.2) is 0 Å². The van der Waals surface area contributed by atoms with E-state index in [9.17, 15) is 0 Å². The minimum absolute atomic E-state index is 3.13. The lowest BCUT2D eigenvalue weighted by atomic mass is 10.5. The zero-order valence-corrected chi connectivity index (χ0v) is 3.63. The Kier molecular flexibility index (Phi) is 0.440. The maximum absolute atomic E-state index is 7.21. The quantitative estimate of drug-likeness (QED) is 0.484. The summed E-state index contributed by atoms with van der Waals surface area (Å²) in [6, 6.07) is 0. The smallest absolute Gasteiger partial charge is 0.213 e. The molecule has 1 heterocycles. The highest BCUT2D eigenvalue weighted by molar-refractivity contribution is 4.48. The molecule has 8 heavy (non-hydrogen) atoms. The minimum atomic E-state index is -3.16. The first-order chi connectivity index (χ1) is 7.04. The van der Waals surface area contributed by atoms with Crippen molar-refractivity contribution >= 4 is 0 Å². The van der Waals surface area contributed by atoms with Crippen LogP contribution in [0.15, 0.2) is 0 Å². The van der Waals surface area contributed by atoms with Crippen LogP contribution < -0.4 is 0 Å². The van der Waals surface area contributed by atoms with Gasteiger partial charge in [0, 0.05) is 0 Å². The molecule has 2 N–H and O–H groups in total. The van der Waals surface area contributed by atoms with Gasteiger partial charge in [-0.15, -0.1) is 0 Å². The lowest BCUT2D eigenvalue weighted by Crippen LogP contribution is -2.34. The monoisotopic (exact) mass is 128 g/mol. The van der Waals surface area contributed by atoms with Crippen molar-refractivity contribution in [2.75, 3.05) is 13.1 Å². The summed E-state index contributed by atoms with van der Waals surface area (Å²) in [6.07, 6.45) is -6.25. The van der Waals surface area contributed by atoms with Gasteiger partial charge >= 0.3 is 0 Å². The molecule has 0 radical (unpaired) electrons. The molecule has 0 bridgehead atoms. The zero-order chi connectivity index (χ0) is 12.8. The van der Waals surface area contributed by atoms with Gasteiger partial charge < -0.3 is 19.7 Å². The van der Waals surface area contributed by atoms with Crippen molar-refractivity contribution in [3.8, 4) is 0 Å². The van der Waals surface area contributed by atoms with Gasteiger partial charge in [-0.1, -0.05) is 0 Å². The fourth-order valence-electron chi connectivity index (χ4n) is 0.218. The third-order valence-electron chi connectivity index (χ3n) is 0.454. The van der Waals surface area contributed by atoms with Crippen LogP contribution >= 0.6 is 0 Å². The fourth-order valence-corrected chi connectivity index (χ4v) is 0.218. The van der Waals surface area contributed by atoms with Crippen LogP contribution in [0.2, 0.25) is 0 Å². The van der Waals surface area contributed by atoms with Crippen LogP contribution in [-0.4, -0.2) is 38.7 Å². The molecule has 0 spiro atoms. The third kappa shape index (κ3) is 1.41. The topological polar surface area (TPSA) is 58.9 Å². The molecule has 1 saturated heterocycles. The van der Waals surface area contributed by atoms with Crippen molar-refractivity contribution in [3.05, 3.63) is 0 Å². The average Bonchev–Trinajstić information content (AvgIpc) is 2.14. The average molecular weight is 128 g/mol. The van der Waals surface area contributed by atoms with Gasteiger partial charge in [0.2, 0.25) is 2.86 Å². The van der Waals surface area contributed by atoms with Gasteiger partial charge in [-0.05, 0) is 0 Å². The predicted octanol–water partition coefficient (Wildman–Crippen LogP) is -1.33. The van der Waals surface area contributed by atoms with Gasteiger partial charge in [0.15, 0.2) is 12.5 Å². The molecular formula is C4H8O4. The maximum Gasteiger partial charge on any atom is 0.213 e. The second-order valence-corrected chi connectivity index (χ2v) is 0.983. The van der Waals surface area contributed by atoms with Crippen molar-refractivity contribution in [3.63, 3.8) is 0 Å². The molecule has 0 saturated carbocycles. The Morgan fingerprint density at radius 2 is 2.00 bits per heavy atom. The van der Waals surface area contributed by atoms with Crippen molar-refractivity contribution in [2.24, 2.45) is 0 Å². The Bertz CT molecular complexity index is 257. The third-order valence-corrected chi connectivity index (χ3v) is 0.454. The molecule has 1 aliphatic rings. The van der Waals surface area contributed by atoms with Crippen molar-refractivity contribution in [1.29, 1.82) is 2.86 Å². The summed E-state index contributed by atoms with van der Waals surface area (Å²) in [5, 5.41) is 7.24.